The Balaban J connectivity index is 2.55. The standard InChI is InChI=1S/C14H7BrCl3NO2/c15-11-7-9(3-6-12(11)19(20)21)13(14(17)18)8-1-4-10(16)5-2-8/h1-7H. The topological polar surface area (TPSA) is 43.1 Å². The van der Waals surface area contributed by atoms with Gasteiger partial charge in [-0.1, -0.05) is 46.9 Å². The van der Waals surface area contributed by atoms with Crippen molar-refractivity contribution in [2.75, 3.05) is 0 Å². The molecule has 0 saturated heterocycles. The molecule has 2 rings (SSSR count). The Morgan fingerprint density at radius 1 is 1.05 bits per heavy atom. The minimum atomic E-state index is -0.470. The summed E-state index contributed by atoms with van der Waals surface area (Å²) in [6, 6.07) is 11.6. The van der Waals surface area contributed by atoms with Gasteiger partial charge in [0.1, 0.15) is 4.49 Å². The van der Waals surface area contributed by atoms with Gasteiger partial charge in [-0.3, -0.25) is 10.1 Å². The molecule has 0 unspecified atom stereocenters. The predicted molar refractivity (Wildman–Crippen MR) is 90.0 cm³/mol. The molecule has 0 N–H and O–H groups in total. The van der Waals surface area contributed by atoms with Crippen LogP contribution in [0.1, 0.15) is 11.1 Å². The van der Waals surface area contributed by atoms with E-state index in [1.54, 1.807) is 36.4 Å². The van der Waals surface area contributed by atoms with Crippen LogP contribution in [-0.4, -0.2) is 4.92 Å². The van der Waals surface area contributed by atoms with Crippen LogP contribution in [0.2, 0.25) is 5.02 Å². The molecule has 0 aliphatic heterocycles. The molecule has 3 nitrogen and oxygen atoms in total. The van der Waals surface area contributed by atoms with Crippen molar-refractivity contribution in [2.24, 2.45) is 0 Å². The molecule has 21 heavy (non-hydrogen) atoms. The van der Waals surface area contributed by atoms with E-state index in [-0.39, 0.29) is 10.2 Å². The fourth-order valence-corrected chi connectivity index (χ4v) is 2.90. The average molecular weight is 407 g/mol. The largest absolute Gasteiger partial charge is 0.283 e. The van der Waals surface area contributed by atoms with Gasteiger partial charge in [0, 0.05) is 16.7 Å². The quantitative estimate of drug-likeness (QED) is 0.449. The van der Waals surface area contributed by atoms with E-state index in [1.807, 2.05) is 0 Å². The van der Waals surface area contributed by atoms with Gasteiger partial charge in [-0.05, 0) is 51.3 Å². The highest BCUT2D eigenvalue weighted by Gasteiger charge is 2.16. The van der Waals surface area contributed by atoms with E-state index >= 15 is 0 Å². The molecule has 0 amide bonds. The minimum absolute atomic E-state index is 0.0279. The third kappa shape index (κ3) is 3.77. The fraction of sp³-hybridized carbons (Fsp3) is 0. The SMILES string of the molecule is O=[N+]([O-])c1ccc(C(=C(Cl)Cl)c2ccc(Cl)cc2)cc1Br. The molecule has 108 valence electrons. The van der Waals surface area contributed by atoms with Gasteiger partial charge in [0.2, 0.25) is 0 Å². The first-order valence-electron chi connectivity index (χ1n) is 5.65. The average Bonchev–Trinajstić information content (AvgIpc) is 2.40. The number of benzene rings is 2. The molecule has 2 aromatic carbocycles. The summed E-state index contributed by atoms with van der Waals surface area (Å²) >= 11 is 21.0. The summed E-state index contributed by atoms with van der Waals surface area (Å²) in [6.45, 7) is 0. The fourth-order valence-electron chi connectivity index (χ4n) is 1.81. The number of halogens is 4. The lowest BCUT2D eigenvalue weighted by Crippen LogP contribution is -1.93. The lowest BCUT2D eigenvalue weighted by molar-refractivity contribution is -0.385. The van der Waals surface area contributed by atoms with E-state index in [4.69, 9.17) is 34.8 Å². The van der Waals surface area contributed by atoms with Crippen molar-refractivity contribution in [3.8, 4) is 0 Å². The van der Waals surface area contributed by atoms with Crippen molar-refractivity contribution in [3.05, 3.63) is 77.7 Å². The van der Waals surface area contributed by atoms with Crippen molar-refractivity contribution in [3.63, 3.8) is 0 Å². The first kappa shape index (κ1) is 16.3. The second-order valence-electron chi connectivity index (χ2n) is 4.07. The summed E-state index contributed by atoms with van der Waals surface area (Å²) in [7, 11) is 0. The molecule has 0 fully saturated rings. The van der Waals surface area contributed by atoms with Gasteiger partial charge in [0.15, 0.2) is 0 Å². The van der Waals surface area contributed by atoms with E-state index in [0.29, 0.717) is 20.6 Å². The van der Waals surface area contributed by atoms with Gasteiger partial charge in [-0.2, -0.15) is 0 Å². The van der Waals surface area contributed by atoms with E-state index in [2.05, 4.69) is 15.9 Å². The van der Waals surface area contributed by atoms with Crippen molar-refractivity contribution in [1.82, 2.24) is 0 Å². The van der Waals surface area contributed by atoms with Crippen molar-refractivity contribution >= 4 is 62.0 Å². The third-order valence-electron chi connectivity index (χ3n) is 2.75. The zero-order valence-corrected chi connectivity index (χ0v) is 14.2. The van der Waals surface area contributed by atoms with Gasteiger partial charge in [0.25, 0.3) is 5.69 Å². The second kappa shape index (κ2) is 6.79. The van der Waals surface area contributed by atoms with Gasteiger partial charge in [0.05, 0.1) is 9.40 Å². The molecule has 0 aliphatic rings. The molecule has 0 heterocycles. The lowest BCUT2D eigenvalue weighted by Gasteiger charge is -2.09. The van der Waals surface area contributed by atoms with Crippen LogP contribution in [0, 0.1) is 10.1 Å². The predicted octanol–water partition coefficient (Wildman–Crippen LogP) is 6.21. The maximum Gasteiger partial charge on any atom is 0.283 e. The highest BCUT2D eigenvalue weighted by atomic mass is 79.9. The maximum atomic E-state index is 10.8. The summed E-state index contributed by atoms with van der Waals surface area (Å²) in [6.07, 6.45) is 0. The highest BCUT2D eigenvalue weighted by molar-refractivity contribution is 9.10. The molecule has 0 radical (unpaired) electrons. The van der Waals surface area contributed by atoms with Crippen molar-refractivity contribution < 1.29 is 4.92 Å². The molecule has 0 aliphatic carbocycles. The van der Waals surface area contributed by atoms with Gasteiger partial charge >= 0.3 is 0 Å². The van der Waals surface area contributed by atoms with Crippen LogP contribution in [0.25, 0.3) is 5.57 Å². The number of nitro groups is 1. The van der Waals surface area contributed by atoms with Crippen LogP contribution in [0.15, 0.2) is 51.4 Å². The zero-order valence-electron chi connectivity index (χ0n) is 10.3. The maximum absolute atomic E-state index is 10.8. The highest BCUT2D eigenvalue weighted by Crippen LogP contribution is 2.35. The Kier molecular flexibility index (Phi) is 5.27. The summed E-state index contributed by atoms with van der Waals surface area (Å²) in [4.78, 5) is 10.4. The molecule has 2 aromatic rings. The summed E-state index contributed by atoms with van der Waals surface area (Å²) in [5.74, 6) is 0. The smallest absolute Gasteiger partial charge is 0.258 e. The second-order valence-corrected chi connectivity index (χ2v) is 6.31. The van der Waals surface area contributed by atoms with Crippen molar-refractivity contribution in [2.45, 2.75) is 0 Å². The summed E-state index contributed by atoms with van der Waals surface area (Å²) in [5.41, 5.74) is 1.97. The number of hydrogen-bond donors (Lipinski definition) is 0. The Bertz CT molecular complexity index is 725. The van der Waals surface area contributed by atoms with E-state index in [0.717, 1.165) is 5.56 Å². The Hall–Kier alpha value is -1.07. The monoisotopic (exact) mass is 405 g/mol. The van der Waals surface area contributed by atoms with Crippen LogP contribution in [0.4, 0.5) is 5.69 Å². The third-order valence-corrected chi connectivity index (χ3v) is 4.02. The van der Waals surface area contributed by atoms with Crippen LogP contribution >= 0.6 is 50.7 Å². The molecule has 0 atom stereocenters. The Morgan fingerprint density at radius 2 is 1.62 bits per heavy atom. The summed E-state index contributed by atoms with van der Waals surface area (Å²) < 4.78 is 0.420. The molecule has 0 spiro atoms. The number of rotatable bonds is 3. The minimum Gasteiger partial charge on any atom is -0.258 e. The molecule has 0 bridgehead atoms. The molecular weight excluding hydrogens is 400 g/mol. The van der Waals surface area contributed by atoms with Crippen LogP contribution in [-0.2, 0) is 0 Å². The molecule has 0 saturated carbocycles. The van der Waals surface area contributed by atoms with Gasteiger partial charge < -0.3 is 0 Å². The Morgan fingerprint density at radius 3 is 2.10 bits per heavy atom. The molecule has 7 heteroatoms. The molecular formula is C14H7BrCl3NO2. The number of nitrogens with zero attached hydrogens (tertiary/aromatic N) is 1. The van der Waals surface area contributed by atoms with Crippen LogP contribution in [0.3, 0.4) is 0 Å². The normalized spacial score (nSPS) is 10.3. The first-order chi connectivity index (χ1) is 9.90. The number of hydrogen-bond acceptors (Lipinski definition) is 2. The van der Waals surface area contributed by atoms with E-state index < -0.39 is 4.92 Å². The van der Waals surface area contributed by atoms with Gasteiger partial charge in [-0.25, -0.2) is 0 Å². The van der Waals surface area contributed by atoms with Gasteiger partial charge in [-0.15, -0.1) is 0 Å². The van der Waals surface area contributed by atoms with E-state index in [1.165, 1.54) is 6.07 Å². The zero-order chi connectivity index (χ0) is 15.6. The van der Waals surface area contributed by atoms with E-state index in [9.17, 15) is 10.1 Å². The van der Waals surface area contributed by atoms with Crippen LogP contribution < -0.4 is 0 Å². The van der Waals surface area contributed by atoms with Crippen molar-refractivity contribution in [1.29, 1.82) is 0 Å². The number of nitro benzene ring substituents is 1. The van der Waals surface area contributed by atoms with Crippen LogP contribution in [0.5, 0.6) is 0 Å². The lowest BCUT2D eigenvalue weighted by atomic mass is 9.99. The Labute approximate surface area is 144 Å². The first-order valence-corrected chi connectivity index (χ1v) is 7.58. The molecule has 0 aromatic heterocycles. The summed E-state index contributed by atoms with van der Waals surface area (Å²) in [5, 5.41) is 11.4.